The number of esters is 1. The number of ether oxygens (including phenoxy) is 1. The second-order valence-electron chi connectivity index (χ2n) is 3.82. The molecule has 0 saturated carbocycles. The molecule has 4 nitrogen and oxygen atoms in total. The Bertz CT molecular complexity index is 186. The molecular formula is C9H18N2O2. The molecule has 2 N–H and O–H groups in total. The molecule has 0 aromatic rings. The summed E-state index contributed by atoms with van der Waals surface area (Å²) in [5, 5.41) is 1.75. The zero-order chi connectivity index (χ0) is 9.90. The fourth-order valence-corrected chi connectivity index (χ4v) is 1.53. The number of carbonyl (C=O) groups excluding carboxylic acids is 1. The fraction of sp³-hybridized carbons (Fsp3) is 0.889. The Kier molecular flexibility index (Phi) is 3.27. The molecule has 0 spiro atoms. The zero-order valence-corrected chi connectivity index (χ0v) is 8.38. The minimum Gasteiger partial charge on any atom is -0.466 e. The summed E-state index contributed by atoms with van der Waals surface area (Å²) in [6.07, 6.45) is 1.59. The van der Waals surface area contributed by atoms with Gasteiger partial charge in [-0.2, -0.15) is 0 Å². The van der Waals surface area contributed by atoms with Crippen LogP contribution in [0.15, 0.2) is 0 Å². The monoisotopic (exact) mass is 186 g/mol. The van der Waals surface area contributed by atoms with Crippen molar-refractivity contribution in [1.82, 2.24) is 5.01 Å². The van der Waals surface area contributed by atoms with Gasteiger partial charge in [0, 0.05) is 13.1 Å². The van der Waals surface area contributed by atoms with Crippen LogP contribution in [0.3, 0.4) is 0 Å². The molecule has 76 valence electrons. The minimum atomic E-state index is -0.314. The number of nitrogens with zero attached hydrogens (tertiary/aromatic N) is 1. The van der Waals surface area contributed by atoms with Gasteiger partial charge in [0.05, 0.1) is 12.0 Å². The van der Waals surface area contributed by atoms with E-state index in [1.165, 1.54) is 0 Å². The lowest BCUT2D eigenvalue weighted by molar-refractivity contribution is -0.157. The first kappa shape index (κ1) is 10.5. The van der Waals surface area contributed by atoms with Crippen molar-refractivity contribution in [1.29, 1.82) is 0 Å². The number of carbonyl (C=O) groups is 1. The molecule has 0 atom stereocenters. The maximum Gasteiger partial charge on any atom is 0.311 e. The van der Waals surface area contributed by atoms with Crippen LogP contribution >= 0.6 is 0 Å². The molecule has 4 heteroatoms. The lowest BCUT2D eigenvalue weighted by atomic mass is 9.81. The van der Waals surface area contributed by atoms with Gasteiger partial charge < -0.3 is 4.74 Å². The third-order valence-electron chi connectivity index (χ3n) is 2.67. The Morgan fingerprint density at radius 3 is 2.54 bits per heavy atom. The molecule has 0 bridgehead atoms. The summed E-state index contributed by atoms with van der Waals surface area (Å²) in [5.41, 5.74) is -0.314. The van der Waals surface area contributed by atoms with Gasteiger partial charge in [-0.25, -0.2) is 5.01 Å². The second-order valence-corrected chi connectivity index (χ2v) is 3.82. The van der Waals surface area contributed by atoms with E-state index >= 15 is 0 Å². The van der Waals surface area contributed by atoms with Crippen molar-refractivity contribution >= 4 is 5.97 Å². The van der Waals surface area contributed by atoms with Gasteiger partial charge in [0.1, 0.15) is 0 Å². The van der Waals surface area contributed by atoms with Crippen LogP contribution in [0.25, 0.3) is 0 Å². The molecule has 1 rings (SSSR count). The molecule has 1 saturated heterocycles. The number of piperidine rings is 1. The number of rotatable bonds is 2. The Balaban J connectivity index is 2.51. The number of hydrogen-bond acceptors (Lipinski definition) is 4. The molecule has 0 radical (unpaired) electrons. The highest BCUT2D eigenvalue weighted by atomic mass is 16.5. The molecule has 1 heterocycles. The predicted molar refractivity (Wildman–Crippen MR) is 49.7 cm³/mol. The van der Waals surface area contributed by atoms with Gasteiger partial charge in [-0.1, -0.05) is 0 Å². The maximum absolute atomic E-state index is 11.5. The van der Waals surface area contributed by atoms with Crippen LogP contribution in [0.2, 0.25) is 0 Å². The molecule has 0 amide bonds. The van der Waals surface area contributed by atoms with Crippen molar-refractivity contribution in [3.63, 3.8) is 0 Å². The normalized spacial score (nSPS) is 22.7. The van der Waals surface area contributed by atoms with Crippen LogP contribution in [0, 0.1) is 5.41 Å². The summed E-state index contributed by atoms with van der Waals surface area (Å²) < 4.78 is 5.02. The third-order valence-corrected chi connectivity index (χ3v) is 2.67. The molecule has 1 aliphatic heterocycles. The standard InChI is InChI=1S/C9H18N2O2/c1-3-13-8(12)9(2)4-6-11(10)7-5-9/h3-7,10H2,1-2H3. The summed E-state index contributed by atoms with van der Waals surface area (Å²) in [6, 6.07) is 0. The van der Waals surface area contributed by atoms with Crippen LogP contribution in [-0.4, -0.2) is 30.7 Å². The molecule has 0 aromatic heterocycles. The number of hydrazine groups is 1. The van der Waals surface area contributed by atoms with Crippen LogP contribution in [-0.2, 0) is 9.53 Å². The molecule has 0 unspecified atom stereocenters. The van der Waals surface area contributed by atoms with Crippen molar-refractivity contribution in [2.24, 2.45) is 11.3 Å². The van der Waals surface area contributed by atoms with E-state index in [0.717, 1.165) is 25.9 Å². The van der Waals surface area contributed by atoms with E-state index < -0.39 is 0 Å². The third kappa shape index (κ3) is 2.42. The van der Waals surface area contributed by atoms with Gasteiger partial charge >= 0.3 is 5.97 Å². The topological polar surface area (TPSA) is 55.6 Å². The first-order chi connectivity index (χ1) is 6.08. The van der Waals surface area contributed by atoms with Gasteiger partial charge in [-0.05, 0) is 26.7 Å². The van der Waals surface area contributed by atoms with Gasteiger partial charge in [0.2, 0.25) is 0 Å². The average Bonchev–Trinajstić information content (AvgIpc) is 2.11. The molecular weight excluding hydrogens is 168 g/mol. The Morgan fingerprint density at radius 1 is 1.54 bits per heavy atom. The SMILES string of the molecule is CCOC(=O)C1(C)CCN(N)CC1. The van der Waals surface area contributed by atoms with Crippen LogP contribution < -0.4 is 5.84 Å². The fourth-order valence-electron chi connectivity index (χ4n) is 1.53. The highest BCUT2D eigenvalue weighted by Crippen LogP contribution is 2.31. The smallest absolute Gasteiger partial charge is 0.311 e. The lowest BCUT2D eigenvalue weighted by Gasteiger charge is -2.35. The summed E-state index contributed by atoms with van der Waals surface area (Å²) >= 11 is 0. The minimum absolute atomic E-state index is 0.0805. The van der Waals surface area contributed by atoms with Crippen molar-refractivity contribution in [3.05, 3.63) is 0 Å². The zero-order valence-electron chi connectivity index (χ0n) is 8.38. The summed E-state index contributed by atoms with van der Waals surface area (Å²) in [5.74, 6) is 5.53. The van der Waals surface area contributed by atoms with E-state index in [4.69, 9.17) is 10.6 Å². The number of hydrogen-bond donors (Lipinski definition) is 1. The Hall–Kier alpha value is -0.610. The second kappa shape index (κ2) is 4.07. The van der Waals surface area contributed by atoms with E-state index in [9.17, 15) is 4.79 Å². The van der Waals surface area contributed by atoms with Crippen molar-refractivity contribution in [3.8, 4) is 0 Å². The van der Waals surface area contributed by atoms with E-state index in [-0.39, 0.29) is 11.4 Å². The highest BCUT2D eigenvalue weighted by molar-refractivity contribution is 5.76. The van der Waals surface area contributed by atoms with E-state index in [1.807, 2.05) is 13.8 Å². The average molecular weight is 186 g/mol. The highest BCUT2D eigenvalue weighted by Gasteiger charge is 2.37. The first-order valence-electron chi connectivity index (χ1n) is 4.75. The Morgan fingerprint density at radius 2 is 2.08 bits per heavy atom. The summed E-state index contributed by atoms with van der Waals surface area (Å²) in [7, 11) is 0. The van der Waals surface area contributed by atoms with E-state index in [1.54, 1.807) is 5.01 Å². The van der Waals surface area contributed by atoms with E-state index in [2.05, 4.69) is 0 Å². The van der Waals surface area contributed by atoms with Crippen molar-refractivity contribution in [2.75, 3.05) is 19.7 Å². The van der Waals surface area contributed by atoms with Gasteiger partial charge in [0.15, 0.2) is 0 Å². The molecule has 1 aliphatic rings. The Labute approximate surface area is 79.0 Å². The van der Waals surface area contributed by atoms with Gasteiger partial charge in [-0.3, -0.25) is 10.6 Å². The van der Waals surface area contributed by atoms with Crippen LogP contribution in [0.1, 0.15) is 26.7 Å². The lowest BCUT2D eigenvalue weighted by Crippen LogP contribution is -2.46. The van der Waals surface area contributed by atoms with E-state index in [0.29, 0.717) is 6.61 Å². The van der Waals surface area contributed by atoms with Crippen LogP contribution in [0.5, 0.6) is 0 Å². The quantitative estimate of drug-likeness (QED) is 0.504. The summed E-state index contributed by atoms with van der Waals surface area (Å²) in [6.45, 7) is 5.79. The van der Waals surface area contributed by atoms with Crippen LogP contribution in [0.4, 0.5) is 0 Å². The summed E-state index contributed by atoms with van der Waals surface area (Å²) in [4.78, 5) is 11.5. The molecule has 13 heavy (non-hydrogen) atoms. The molecule has 1 fully saturated rings. The van der Waals surface area contributed by atoms with Crippen molar-refractivity contribution < 1.29 is 9.53 Å². The maximum atomic E-state index is 11.5. The van der Waals surface area contributed by atoms with Gasteiger partial charge in [0.25, 0.3) is 0 Å². The first-order valence-corrected chi connectivity index (χ1v) is 4.75. The predicted octanol–water partition coefficient (Wildman–Crippen LogP) is 0.525. The largest absolute Gasteiger partial charge is 0.466 e. The molecule has 0 aromatic carbocycles. The van der Waals surface area contributed by atoms with Crippen molar-refractivity contribution in [2.45, 2.75) is 26.7 Å². The molecule has 0 aliphatic carbocycles. The number of nitrogens with two attached hydrogens (primary N) is 1. The van der Waals surface area contributed by atoms with Gasteiger partial charge in [-0.15, -0.1) is 0 Å².